The van der Waals surface area contributed by atoms with Crippen LogP contribution in [0, 0.1) is 12.8 Å². The Morgan fingerprint density at radius 3 is 2.85 bits per heavy atom. The van der Waals surface area contributed by atoms with E-state index in [0.717, 1.165) is 37.7 Å². The molecule has 1 N–H and O–H groups in total. The molecule has 9 heteroatoms. The van der Waals surface area contributed by atoms with Crippen LogP contribution in [-0.2, 0) is 6.54 Å². The zero-order valence-electron chi connectivity index (χ0n) is 15.2. The molecule has 9 nitrogen and oxygen atoms in total. The molecular weight excluding hydrogens is 344 g/mol. The van der Waals surface area contributed by atoms with Gasteiger partial charge in [-0.25, -0.2) is 15.0 Å². The molecule has 0 aromatic carbocycles. The van der Waals surface area contributed by atoms with Crippen LogP contribution in [0.25, 0.3) is 5.78 Å². The molecule has 3 saturated heterocycles. The van der Waals surface area contributed by atoms with Crippen molar-refractivity contribution in [2.45, 2.75) is 32.4 Å². The summed E-state index contributed by atoms with van der Waals surface area (Å²) in [6.07, 6.45) is 5.96. The molecular formula is C18H22N8O. The number of rotatable bonds is 3. The Morgan fingerprint density at radius 1 is 1.15 bits per heavy atom. The van der Waals surface area contributed by atoms with Crippen LogP contribution in [0.4, 0.5) is 5.95 Å². The van der Waals surface area contributed by atoms with Crippen molar-refractivity contribution in [3.05, 3.63) is 46.4 Å². The lowest BCUT2D eigenvalue weighted by Crippen LogP contribution is -2.43. The van der Waals surface area contributed by atoms with Gasteiger partial charge >= 0.3 is 0 Å². The summed E-state index contributed by atoms with van der Waals surface area (Å²) in [6.45, 7) is 5.38. The molecule has 3 aromatic heterocycles. The van der Waals surface area contributed by atoms with Crippen molar-refractivity contribution < 1.29 is 0 Å². The molecule has 6 heterocycles. The predicted octanol–water partition coefficient (Wildman–Crippen LogP) is 0.617. The largest absolute Gasteiger partial charge is 0.339 e. The van der Waals surface area contributed by atoms with E-state index >= 15 is 0 Å². The summed E-state index contributed by atoms with van der Waals surface area (Å²) in [6, 6.07) is 3.87. The van der Waals surface area contributed by atoms with E-state index in [1.54, 1.807) is 18.5 Å². The molecule has 3 aromatic rings. The fourth-order valence-electron chi connectivity index (χ4n) is 4.31. The van der Waals surface area contributed by atoms with Crippen LogP contribution in [0.3, 0.4) is 0 Å². The number of fused-ring (bicyclic) bond motifs is 5. The van der Waals surface area contributed by atoms with Gasteiger partial charge in [-0.3, -0.25) is 14.8 Å². The van der Waals surface area contributed by atoms with Gasteiger partial charge in [0.1, 0.15) is 5.82 Å². The maximum Gasteiger partial charge on any atom is 0.274 e. The van der Waals surface area contributed by atoms with Crippen molar-refractivity contribution >= 4 is 11.7 Å². The molecule has 0 aliphatic carbocycles. The molecule has 27 heavy (non-hydrogen) atoms. The molecule has 140 valence electrons. The maximum atomic E-state index is 12.3. The summed E-state index contributed by atoms with van der Waals surface area (Å²) >= 11 is 0. The first-order valence-corrected chi connectivity index (χ1v) is 9.37. The normalized spacial score (nSPS) is 23.1. The molecule has 3 fully saturated rings. The zero-order valence-corrected chi connectivity index (χ0v) is 15.2. The van der Waals surface area contributed by atoms with E-state index < -0.39 is 0 Å². The van der Waals surface area contributed by atoms with Crippen LogP contribution in [-0.4, -0.2) is 60.1 Å². The zero-order chi connectivity index (χ0) is 18.4. The molecule has 3 aliphatic rings. The highest BCUT2D eigenvalue weighted by Gasteiger charge is 2.35. The average Bonchev–Trinajstić information content (AvgIpc) is 2.84. The first-order valence-electron chi connectivity index (χ1n) is 9.37. The second kappa shape index (κ2) is 6.41. The van der Waals surface area contributed by atoms with Gasteiger partial charge in [0.2, 0.25) is 5.95 Å². The third kappa shape index (κ3) is 3.08. The van der Waals surface area contributed by atoms with E-state index in [0.29, 0.717) is 30.1 Å². The minimum Gasteiger partial charge on any atom is -0.339 e. The van der Waals surface area contributed by atoms with Crippen LogP contribution >= 0.6 is 0 Å². The monoisotopic (exact) mass is 366 g/mol. The van der Waals surface area contributed by atoms with E-state index in [-0.39, 0.29) is 5.56 Å². The van der Waals surface area contributed by atoms with Gasteiger partial charge in [0.25, 0.3) is 11.3 Å². The van der Waals surface area contributed by atoms with Crippen molar-refractivity contribution in [1.29, 1.82) is 0 Å². The topological polar surface area (TPSA) is 95.3 Å². The Bertz CT molecular complexity index is 1010. The van der Waals surface area contributed by atoms with Gasteiger partial charge in [0, 0.05) is 50.7 Å². The van der Waals surface area contributed by atoms with E-state index in [1.807, 2.05) is 13.0 Å². The number of hydrogen-bond acceptors (Lipinski definition) is 7. The van der Waals surface area contributed by atoms with Gasteiger partial charge < -0.3 is 4.90 Å². The molecule has 0 radical (unpaired) electrons. The summed E-state index contributed by atoms with van der Waals surface area (Å²) in [4.78, 5) is 34.8. The van der Waals surface area contributed by atoms with Gasteiger partial charge in [-0.2, -0.15) is 9.50 Å². The maximum absolute atomic E-state index is 12.3. The number of aromatic amines is 1. The highest BCUT2D eigenvalue weighted by Crippen LogP contribution is 2.30. The standard InChI is InChI=1S/C18H22N8O/c1-12-21-18-22-14(7-16(27)26(18)23-12)10-24-8-13-3-4-15(24)11-25(9-13)17-19-5-2-6-20-17/h2,5-7,13,15H,3-4,8-11H2,1H3,(H,21,22,23)/t13-,15-/m1/s1. The number of nitrogens with one attached hydrogen (secondary N) is 1. The Labute approximate surface area is 156 Å². The number of anilines is 1. The average molecular weight is 366 g/mol. The van der Waals surface area contributed by atoms with Crippen molar-refractivity contribution in [3.8, 4) is 0 Å². The Hall–Kier alpha value is -2.81. The lowest BCUT2D eigenvalue weighted by atomic mass is 9.95. The second-order valence-corrected chi connectivity index (χ2v) is 7.51. The van der Waals surface area contributed by atoms with Gasteiger partial charge in [-0.15, -0.1) is 0 Å². The second-order valence-electron chi connectivity index (χ2n) is 7.51. The highest BCUT2D eigenvalue weighted by molar-refractivity contribution is 5.31. The SMILES string of the molecule is Cc1nc2nc(CN3C[C@H]4CC[C@@H]3CN(c3ncccn3)C4)cc(=O)n2[nH]1. The lowest BCUT2D eigenvalue weighted by Gasteiger charge is -2.35. The first kappa shape index (κ1) is 16.4. The van der Waals surface area contributed by atoms with Gasteiger partial charge in [-0.1, -0.05) is 0 Å². The Balaban J connectivity index is 1.39. The fraction of sp³-hybridized carbons (Fsp3) is 0.500. The molecule has 6 rings (SSSR count). The van der Waals surface area contributed by atoms with E-state index in [4.69, 9.17) is 0 Å². The molecule has 3 aliphatic heterocycles. The summed E-state index contributed by atoms with van der Waals surface area (Å²) in [5.74, 6) is 2.50. The van der Waals surface area contributed by atoms with Crippen LogP contribution < -0.4 is 10.5 Å². The molecule has 0 spiro atoms. The van der Waals surface area contributed by atoms with E-state index in [2.05, 4.69) is 34.8 Å². The minimum absolute atomic E-state index is 0.116. The lowest BCUT2D eigenvalue weighted by molar-refractivity contribution is 0.125. The summed E-state index contributed by atoms with van der Waals surface area (Å²) in [7, 11) is 0. The number of aryl methyl sites for hydroxylation is 1. The summed E-state index contributed by atoms with van der Waals surface area (Å²) in [5, 5.41) is 2.91. The predicted molar refractivity (Wildman–Crippen MR) is 99.5 cm³/mol. The number of piperidine rings is 1. The van der Waals surface area contributed by atoms with Gasteiger partial charge in [-0.05, 0) is 31.7 Å². The third-order valence-electron chi connectivity index (χ3n) is 5.52. The molecule has 2 atom stereocenters. The van der Waals surface area contributed by atoms with Crippen LogP contribution in [0.15, 0.2) is 29.3 Å². The van der Waals surface area contributed by atoms with Crippen molar-refractivity contribution in [2.24, 2.45) is 5.92 Å². The van der Waals surface area contributed by atoms with Crippen LogP contribution in [0.1, 0.15) is 24.4 Å². The molecule has 0 saturated carbocycles. The quantitative estimate of drug-likeness (QED) is 0.726. The van der Waals surface area contributed by atoms with Crippen LogP contribution in [0.5, 0.6) is 0 Å². The minimum atomic E-state index is -0.116. The van der Waals surface area contributed by atoms with Crippen molar-refractivity contribution in [1.82, 2.24) is 34.4 Å². The number of nitrogens with zero attached hydrogens (tertiary/aromatic N) is 7. The number of hydrogen-bond donors (Lipinski definition) is 1. The third-order valence-corrected chi connectivity index (χ3v) is 5.52. The highest BCUT2D eigenvalue weighted by atomic mass is 16.1. The van der Waals surface area contributed by atoms with Crippen LogP contribution in [0.2, 0.25) is 0 Å². The van der Waals surface area contributed by atoms with E-state index in [1.165, 1.54) is 10.9 Å². The summed E-state index contributed by atoms with van der Waals surface area (Å²) in [5.41, 5.74) is 0.663. The molecule has 2 bridgehead atoms. The first-order chi connectivity index (χ1) is 13.2. The fourth-order valence-corrected chi connectivity index (χ4v) is 4.31. The van der Waals surface area contributed by atoms with Crippen molar-refractivity contribution in [3.63, 3.8) is 0 Å². The Morgan fingerprint density at radius 2 is 2.00 bits per heavy atom. The number of aromatic nitrogens is 6. The van der Waals surface area contributed by atoms with Gasteiger partial charge in [0.05, 0.1) is 5.69 Å². The van der Waals surface area contributed by atoms with E-state index in [9.17, 15) is 4.79 Å². The smallest absolute Gasteiger partial charge is 0.274 e. The number of H-pyrrole nitrogens is 1. The molecule has 0 amide bonds. The Kier molecular flexibility index (Phi) is 3.89. The van der Waals surface area contributed by atoms with Gasteiger partial charge in [0.15, 0.2) is 0 Å². The van der Waals surface area contributed by atoms with Crippen molar-refractivity contribution in [2.75, 3.05) is 24.5 Å². The summed E-state index contributed by atoms with van der Waals surface area (Å²) < 4.78 is 1.39. The molecule has 0 unspecified atom stereocenters.